The summed E-state index contributed by atoms with van der Waals surface area (Å²) in [5, 5.41) is 2.83. The molecule has 0 aliphatic heterocycles. The highest BCUT2D eigenvalue weighted by molar-refractivity contribution is 7.89. The third kappa shape index (κ3) is 4.97. The van der Waals surface area contributed by atoms with Crippen molar-refractivity contribution in [2.75, 3.05) is 13.1 Å². The van der Waals surface area contributed by atoms with Gasteiger partial charge in [-0.25, -0.2) is 18.1 Å². The predicted octanol–water partition coefficient (Wildman–Crippen LogP) is 2.90. The molecule has 1 amide bonds. The summed E-state index contributed by atoms with van der Waals surface area (Å²) in [6.07, 6.45) is 4.55. The number of amides is 1. The van der Waals surface area contributed by atoms with Crippen LogP contribution in [0.2, 0.25) is 0 Å². The summed E-state index contributed by atoms with van der Waals surface area (Å²) < 4.78 is 30.3. The zero-order valence-electron chi connectivity index (χ0n) is 18.7. The molecule has 0 aliphatic carbocycles. The minimum absolute atomic E-state index is 0.0490. The molecule has 0 spiro atoms. The first-order valence-electron chi connectivity index (χ1n) is 10.4. The van der Waals surface area contributed by atoms with Crippen molar-refractivity contribution in [1.82, 2.24) is 19.4 Å². The number of carbonyl (C=O) groups excluding carboxylic acids is 1. The van der Waals surface area contributed by atoms with Crippen LogP contribution in [0.4, 0.5) is 0 Å². The highest BCUT2D eigenvalue weighted by atomic mass is 32.2. The summed E-state index contributed by atoms with van der Waals surface area (Å²) in [5.41, 5.74) is 6.34. The Labute approximate surface area is 183 Å². The van der Waals surface area contributed by atoms with Gasteiger partial charge in [-0.2, -0.15) is 0 Å². The number of fused-ring (bicyclic) bond motifs is 1. The smallest absolute Gasteiger partial charge is 0.241 e. The van der Waals surface area contributed by atoms with Crippen molar-refractivity contribution in [3.8, 4) is 0 Å². The Morgan fingerprint density at radius 3 is 2.26 bits per heavy atom. The Kier molecular flexibility index (Phi) is 6.81. The summed E-state index contributed by atoms with van der Waals surface area (Å²) in [7, 11) is -3.70. The van der Waals surface area contributed by atoms with Gasteiger partial charge >= 0.3 is 0 Å². The molecule has 0 aliphatic rings. The van der Waals surface area contributed by atoms with E-state index in [9.17, 15) is 13.2 Å². The highest BCUT2D eigenvalue weighted by Gasteiger charge is 2.23. The van der Waals surface area contributed by atoms with Crippen LogP contribution in [0.25, 0.3) is 5.65 Å². The fraction of sp³-hybridized carbons (Fsp3) is 0.391. The highest BCUT2D eigenvalue weighted by Crippen LogP contribution is 2.29. The molecule has 3 aromatic rings. The van der Waals surface area contributed by atoms with Gasteiger partial charge in [-0.15, -0.1) is 0 Å². The molecule has 166 valence electrons. The van der Waals surface area contributed by atoms with Crippen molar-refractivity contribution >= 4 is 21.6 Å². The second-order valence-electron chi connectivity index (χ2n) is 7.90. The number of pyridine rings is 1. The van der Waals surface area contributed by atoms with Gasteiger partial charge in [0.15, 0.2) is 0 Å². The van der Waals surface area contributed by atoms with Crippen LogP contribution < -0.4 is 10.0 Å². The van der Waals surface area contributed by atoms with Gasteiger partial charge in [-0.05, 0) is 74.6 Å². The number of nitrogens with zero attached hydrogens (tertiary/aromatic N) is 2. The van der Waals surface area contributed by atoms with Crippen LogP contribution in [0.15, 0.2) is 35.5 Å². The molecule has 0 atom stereocenters. The molecule has 0 saturated heterocycles. The Bertz CT molecular complexity index is 1170. The zero-order chi connectivity index (χ0) is 22.8. The molecule has 0 radical (unpaired) electrons. The van der Waals surface area contributed by atoms with Crippen LogP contribution in [0.3, 0.4) is 0 Å². The number of sulfonamides is 1. The molecule has 2 N–H and O–H groups in total. The van der Waals surface area contributed by atoms with Crippen LogP contribution >= 0.6 is 0 Å². The predicted molar refractivity (Wildman–Crippen MR) is 122 cm³/mol. The van der Waals surface area contributed by atoms with Crippen molar-refractivity contribution in [1.29, 1.82) is 0 Å². The van der Waals surface area contributed by atoms with Gasteiger partial charge in [-0.3, -0.25) is 4.79 Å². The Hall–Kier alpha value is -2.71. The molecule has 0 bridgehead atoms. The van der Waals surface area contributed by atoms with E-state index in [0.717, 1.165) is 39.2 Å². The average Bonchev–Trinajstić information content (AvgIpc) is 3.13. The number of aromatic nitrogens is 2. The SMILES string of the molecule is Cc1c(C)c(C)c(S(=O)(=O)NCCC(=O)NCCc2cn3ccccc3n2)c(C)c1C. The first-order chi connectivity index (χ1) is 14.6. The minimum Gasteiger partial charge on any atom is -0.356 e. The third-order valence-electron chi connectivity index (χ3n) is 5.96. The molecule has 2 aromatic heterocycles. The van der Waals surface area contributed by atoms with Gasteiger partial charge in [0, 0.05) is 38.3 Å². The summed E-state index contributed by atoms with van der Waals surface area (Å²) in [6, 6.07) is 5.79. The lowest BCUT2D eigenvalue weighted by Crippen LogP contribution is -2.32. The van der Waals surface area contributed by atoms with E-state index in [1.165, 1.54) is 0 Å². The molecule has 2 heterocycles. The lowest BCUT2D eigenvalue weighted by molar-refractivity contribution is -0.120. The number of carbonyl (C=O) groups is 1. The fourth-order valence-electron chi connectivity index (χ4n) is 3.77. The molecule has 3 rings (SSSR count). The summed E-state index contributed by atoms with van der Waals surface area (Å²) in [6.45, 7) is 10.0. The average molecular weight is 443 g/mol. The van der Waals surface area contributed by atoms with Crippen LogP contribution in [-0.4, -0.2) is 36.8 Å². The molecule has 0 unspecified atom stereocenters. The summed E-state index contributed by atoms with van der Waals surface area (Å²) >= 11 is 0. The zero-order valence-corrected chi connectivity index (χ0v) is 19.6. The second-order valence-corrected chi connectivity index (χ2v) is 9.60. The fourth-order valence-corrected chi connectivity index (χ4v) is 5.39. The molecular formula is C23H30N4O3S. The molecule has 1 aromatic carbocycles. The standard InChI is InChI=1S/C23H30N4O3S/c1-15-16(2)18(4)23(19(5)17(15)3)31(29,30)25-12-10-22(28)24-11-9-20-14-27-13-7-6-8-21(27)26-20/h6-8,13-14,25H,9-12H2,1-5H3,(H,24,28). The maximum absolute atomic E-state index is 12.9. The van der Waals surface area contributed by atoms with E-state index in [-0.39, 0.29) is 18.9 Å². The first kappa shape index (κ1) is 23.0. The van der Waals surface area contributed by atoms with E-state index in [1.54, 1.807) is 0 Å². The quantitative estimate of drug-likeness (QED) is 0.561. The number of hydrogen-bond donors (Lipinski definition) is 2. The second kappa shape index (κ2) is 9.20. The topological polar surface area (TPSA) is 92.6 Å². The summed E-state index contributed by atoms with van der Waals surface area (Å²) in [5.74, 6) is -0.198. The maximum atomic E-state index is 12.9. The van der Waals surface area contributed by atoms with E-state index in [2.05, 4.69) is 15.0 Å². The van der Waals surface area contributed by atoms with E-state index >= 15 is 0 Å². The van der Waals surface area contributed by atoms with Crippen molar-refractivity contribution in [2.45, 2.75) is 52.4 Å². The molecular weight excluding hydrogens is 412 g/mol. The van der Waals surface area contributed by atoms with E-state index in [0.29, 0.717) is 17.9 Å². The van der Waals surface area contributed by atoms with Crippen molar-refractivity contribution < 1.29 is 13.2 Å². The van der Waals surface area contributed by atoms with Crippen LogP contribution in [0, 0.1) is 34.6 Å². The first-order valence-corrected chi connectivity index (χ1v) is 11.9. The van der Waals surface area contributed by atoms with E-state index < -0.39 is 10.0 Å². The monoisotopic (exact) mass is 442 g/mol. The van der Waals surface area contributed by atoms with E-state index in [1.807, 2.05) is 69.6 Å². The summed E-state index contributed by atoms with van der Waals surface area (Å²) in [4.78, 5) is 17.0. The number of imidazole rings is 1. The van der Waals surface area contributed by atoms with Crippen LogP contribution in [-0.2, 0) is 21.2 Å². The van der Waals surface area contributed by atoms with Gasteiger partial charge in [0.25, 0.3) is 0 Å². The lowest BCUT2D eigenvalue weighted by atomic mass is 9.95. The number of nitrogens with one attached hydrogen (secondary N) is 2. The van der Waals surface area contributed by atoms with Gasteiger partial charge in [0.2, 0.25) is 15.9 Å². The maximum Gasteiger partial charge on any atom is 0.241 e. The molecule has 31 heavy (non-hydrogen) atoms. The molecule has 0 fully saturated rings. The normalized spacial score (nSPS) is 11.8. The van der Waals surface area contributed by atoms with Crippen LogP contribution in [0.1, 0.15) is 39.9 Å². The van der Waals surface area contributed by atoms with Gasteiger partial charge in [-0.1, -0.05) is 6.07 Å². The van der Waals surface area contributed by atoms with Gasteiger partial charge in [0.05, 0.1) is 10.6 Å². The number of rotatable bonds is 8. The van der Waals surface area contributed by atoms with E-state index in [4.69, 9.17) is 0 Å². The Morgan fingerprint density at radius 2 is 1.61 bits per heavy atom. The van der Waals surface area contributed by atoms with Crippen molar-refractivity contribution in [3.05, 3.63) is 64.1 Å². The van der Waals surface area contributed by atoms with Gasteiger partial charge < -0.3 is 9.72 Å². The third-order valence-corrected chi connectivity index (χ3v) is 7.70. The minimum atomic E-state index is -3.70. The molecule has 7 nitrogen and oxygen atoms in total. The number of benzene rings is 1. The molecule has 0 saturated carbocycles. The van der Waals surface area contributed by atoms with Crippen molar-refractivity contribution in [3.63, 3.8) is 0 Å². The Morgan fingerprint density at radius 1 is 0.968 bits per heavy atom. The largest absolute Gasteiger partial charge is 0.356 e. The van der Waals surface area contributed by atoms with Crippen molar-refractivity contribution in [2.24, 2.45) is 0 Å². The number of hydrogen-bond acceptors (Lipinski definition) is 4. The molecule has 8 heteroatoms. The lowest BCUT2D eigenvalue weighted by Gasteiger charge is -2.19. The van der Waals surface area contributed by atoms with Crippen LogP contribution in [0.5, 0.6) is 0 Å². The Balaban J connectivity index is 1.53. The van der Waals surface area contributed by atoms with Gasteiger partial charge in [0.1, 0.15) is 5.65 Å².